The molecule has 1 saturated carbocycles. The van der Waals surface area contributed by atoms with E-state index in [9.17, 15) is 9.59 Å². The molecule has 1 aliphatic rings. The predicted molar refractivity (Wildman–Crippen MR) is 37.6 cm³/mol. The van der Waals surface area contributed by atoms with Crippen molar-refractivity contribution in [3.63, 3.8) is 0 Å². The maximum absolute atomic E-state index is 11.0. The Morgan fingerprint density at radius 1 is 1.70 bits per heavy atom. The summed E-state index contributed by atoms with van der Waals surface area (Å²) in [6, 6.07) is 0. The van der Waals surface area contributed by atoms with Crippen LogP contribution in [0, 0.1) is 11.3 Å². The quantitative estimate of drug-likeness (QED) is 0.513. The van der Waals surface area contributed by atoms with Crippen LogP contribution in [0.15, 0.2) is 0 Å². The number of ketones is 1. The lowest BCUT2D eigenvalue weighted by Crippen LogP contribution is -2.12. The van der Waals surface area contributed by atoms with E-state index >= 15 is 0 Å². The number of hydrogen-bond donors (Lipinski definition) is 0. The monoisotopic (exact) mass is 140 g/mol. The first-order valence-electron chi connectivity index (χ1n) is 3.56. The van der Waals surface area contributed by atoms with Gasteiger partial charge in [0.25, 0.3) is 0 Å². The Labute approximate surface area is 60.6 Å². The SMILES string of the molecule is C[C@@H]1C[C@](C)(C=O)CC1=O. The number of carbonyl (C=O) groups excluding carboxylic acids is 2. The van der Waals surface area contributed by atoms with E-state index in [1.54, 1.807) is 0 Å². The molecule has 0 aromatic rings. The highest BCUT2D eigenvalue weighted by molar-refractivity contribution is 5.87. The third kappa shape index (κ3) is 1.11. The summed E-state index contributed by atoms with van der Waals surface area (Å²) >= 11 is 0. The molecule has 0 aromatic carbocycles. The second-order valence-electron chi connectivity index (χ2n) is 3.52. The van der Waals surface area contributed by atoms with Crippen LogP contribution in [0.1, 0.15) is 26.7 Å². The fourth-order valence-electron chi connectivity index (χ4n) is 1.55. The summed E-state index contributed by atoms with van der Waals surface area (Å²) in [5.41, 5.74) is -0.351. The summed E-state index contributed by atoms with van der Waals surface area (Å²) in [4.78, 5) is 21.5. The first kappa shape index (κ1) is 7.45. The number of Topliss-reactive ketones (excluding diaryl/α,β-unsaturated/α-hetero) is 1. The van der Waals surface area contributed by atoms with Crippen molar-refractivity contribution in [3.05, 3.63) is 0 Å². The van der Waals surface area contributed by atoms with Gasteiger partial charge >= 0.3 is 0 Å². The molecule has 0 heterocycles. The highest BCUT2D eigenvalue weighted by Crippen LogP contribution is 2.36. The van der Waals surface area contributed by atoms with Gasteiger partial charge in [0, 0.05) is 17.8 Å². The van der Waals surface area contributed by atoms with Crippen molar-refractivity contribution in [2.45, 2.75) is 26.7 Å². The number of rotatable bonds is 1. The minimum atomic E-state index is -0.351. The molecule has 2 heteroatoms. The van der Waals surface area contributed by atoms with Gasteiger partial charge in [0.05, 0.1) is 0 Å². The summed E-state index contributed by atoms with van der Waals surface area (Å²) in [6.45, 7) is 3.73. The summed E-state index contributed by atoms with van der Waals surface area (Å²) < 4.78 is 0. The van der Waals surface area contributed by atoms with E-state index in [1.165, 1.54) is 0 Å². The second kappa shape index (κ2) is 2.19. The smallest absolute Gasteiger partial charge is 0.136 e. The fourth-order valence-corrected chi connectivity index (χ4v) is 1.55. The number of carbonyl (C=O) groups is 2. The van der Waals surface area contributed by atoms with Gasteiger partial charge in [-0.05, 0) is 6.42 Å². The first-order valence-corrected chi connectivity index (χ1v) is 3.56. The molecule has 0 saturated heterocycles. The van der Waals surface area contributed by atoms with Crippen molar-refractivity contribution >= 4 is 12.1 Å². The third-order valence-corrected chi connectivity index (χ3v) is 2.18. The molecule has 0 bridgehead atoms. The molecule has 2 nitrogen and oxygen atoms in total. The lowest BCUT2D eigenvalue weighted by molar-refractivity contribution is -0.122. The summed E-state index contributed by atoms with van der Waals surface area (Å²) in [5, 5.41) is 0. The maximum Gasteiger partial charge on any atom is 0.136 e. The molecule has 0 aliphatic heterocycles. The van der Waals surface area contributed by atoms with Gasteiger partial charge in [-0.1, -0.05) is 13.8 Å². The summed E-state index contributed by atoms with van der Waals surface area (Å²) in [6.07, 6.45) is 2.08. The van der Waals surface area contributed by atoms with Crippen molar-refractivity contribution in [3.8, 4) is 0 Å². The lowest BCUT2D eigenvalue weighted by Gasteiger charge is -2.11. The number of hydrogen-bond acceptors (Lipinski definition) is 2. The Hall–Kier alpha value is -0.660. The van der Waals surface area contributed by atoms with Gasteiger partial charge in [-0.2, -0.15) is 0 Å². The van der Waals surface area contributed by atoms with Crippen molar-refractivity contribution < 1.29 is 9.59 Å². The molecule has 1 fully saturated rings. The molecule has 0 radical (unpaired) electrons. The topological polar surface area (TPSA) is 34.1 Å². The predicted octanol–water partition coefficient (Wildman–Crippen LogP) is 1.19. The van der Waals surface area contributed by atoms with E-state index in [1.807, 2.05) is 13.8 Å². The Balaban J connectivity index is 2.73. The van der Waals surface area contributed by atoms with Crippen LogP contribution in [0.5, 0.6) is 0 Å². The molecule has 56 valence electrons. The number of aldehydes is 1. The van der Waals surface area contributed by atoms with Gasteiger partial charge in [-0.15, -0.1) is 0 Å². The van der Waals surface area contributed by atoms with Crippen LogP contribution in [0.25, 0.3) is 0 Å². The highest BCUT2D eigenvalue weighted by atomic mass is 16.1. The van der Waals surface area contributed by atoms with E-state index in [2.05, 4.69) is 0 Å². The zero-order chi connectivity index (χ0) is 7.78. The van der Waals surface area contributed by atoms with Gasteiger partial charge in [0.15, 0.2) is 0 Å². The molecule has 0 spiro atoms. The van der Waals surface area contributed by atoms with Crippen LogP contribution < -0.4 is 0 Å². The normalized spacial score (nSPS) is 40.2. The lowest BCUT2D eigenvalue weighted by atomic mass is 9.90. The second-order valence-corrected chi connectivity index (χ2v) is 3.52. The molecule has 0 amide bonds. The Kier molecular flexibility index (Phi) is 1.63. The average molecular weight is 140 g/mol. The van der Waals surface area contributed by atoms with Crippen LogP contribution in [-0.2, 0) is 9.59 Å². The molecule has 0 aromatic heterocycles. The largest absolute Gasteiger partial charge is 0.303 e. The van der Waals surface area contributed by atoms with Gasteiger partial charge < -0.3 is 4.79 Å². The van der Waals surface area contributed by atoms with E-state index < -0.39 is 0 Å². The maximum atomic E-state index is 11.0. The minimum Gasteiger partial charge on any atom is -0.303 e. The molecule has 0 N–H and O–H groups in total. The Bertz CT molecular complexity index is 174. The van der Waals surface area contributed by atoms with Gasteiger partial charge in [0.1, 0.15) is 12.1 Å². The van der Waals surface area contributed by atoms with Crippen molar-refractivity contribution in [2.24, 2.45) is 11.3 Å². The molecular formula is C8H12O2. The minimum absolute atomic E-state index is 0.0928. The van der Waals surface area contributed by atoms with E-state index in [-0.39, 0.29) is 17.1 Å². The summed E-state index contributed by atoms with van der Waals surface area (Å²) in [7, 11) is 0. The molecule has 10 heavy (non-hydrogen) atoms. The Morgan fingerprint density at radius 2 is 2.30 bits per heavy atom. The van der Waals surface area contributed by atoms with Gasteiger partial charge in [-0.3, -0.25) is 4.79 Å². The van der Waals surface area contributed by atoms with E-state index in [0.717, 1.165) is 12.7 Å². The Morgan fingerprint density at radius 3 is 2.50 bits per heavy atom. The highest BCUT2D eigenvalue weighted by Gasteiger charge is 2.38. The van der Waals surface area contributed by atoms with Crippen LogP contribution in [0.2, 0.25) is 0 Å². The van der Waals surface area contributed by atoms with Crippen molar-refractivity contribution in [1.29, 1.82) is 0 Å². The molecule has 0 unspecified atom stereocenters. The molecule has 2 atom stereocenters. The molecular weight excluding hydrogens is 128 g/mol. The van der Waals surface area contributed by atoms with E-state index in [4.69, 9.17) is 0 Å². The zero-order valence-electron chi connectivity index (χ0n) is 6.39. The van der Waals surface area contributed by atoms with Crippen molar-refractivity contribution in [1.82, 2.24) is 0 Å². The molecule has 1 aliphatic carbocycles. The molecule has 1 rings (SSSR count). The van der Waals surface area contributed by atoms with Crippen molar-refractivity contribution in [2.75, 3.05) is 0 Å². The van der Waals surface area contributed by atoms with Crippen LogP contribution >= 0.6 is 0 Å². The fraction of sp³-hybridized carbons (Fsp3) is 0.750. The third-order valence-electron chi connectivity index (χ3n) is 2.18. The first-order chi connectivity index (χ1) is 4.57. The average Bonchev–Trinajstić information content (AvgIpc) is 2.10. The van der Waals surface area contributed by atoms with Crippen LogP contribution in [0.4, 0.5) is 0 Å². The van der Waals surface area contributed by atoms with Gasteiger partial charge in [-0.25, -0.2) is 0 Å². The standard InChI is InChI=1S/C8H12O2/c1-6-3-8(2,5-9)4-7(6)10/h5-6H,3-4H2,1-2H3/t6-,8+/m1/s1. The van der Waals surface area contributed by atoms with Crippen LogP contribution in [0.3, 0.4) is 0 Å². The van der Waals surface area contributed by atoms with Gasteiger partial charge in [0.2, 0.25) is 0 Å². The van der Waals surface area contributed by atoms with E-state index in [0.29, 0.717) is 6.42 Å². The summed E-state index contributed by atoms with van der Waals surface area (Å²) in [5.74, 6) is 0.324. The zero-order valence-corrected chi connectivity index (χ0v) is 6.39. The van der Waals surface area contributed by atoms with Crippen LogP contribution in [-0.4, -0.2) is 12.1 Å².